The summed E-state index contributed by atoms with van der Waals surface area (Å²) in [5, 5.41) is 13.3. The lowest BCUT2D eigenvalue weighted by Gasteiger charge is -2.09. The van der Waals surface area contributed by atoms with Crippen LogP contribution in [-0.2, 0) is 4.74 Å². The van der Waals surface area contributed by atoms with Gasteiger partial charge in [-0.1, -0.05) is 6.07 Å². The molecule has 0 atom stereocenters. The molecule has 23 heavy (non-hydrogen) atoms. The van der Waals surface area contributed by atoms with Crippen molar-refractivity contribution in [1.82, 2.24) is 0 Å². The fourth-order valence-corrected chi connectivity index (χ4v) is 1.84. The molecule has 2 aromatic rings. The molecule has 0 heterocycles. The lowest BCUT2D eigenvalue weighted by Crippen LogP contribution is -2.12. The summed E-state index contributed by atoms with van der Waals surface area (Å²) in [6.07, 6.45) is 0. The molecule has 1 amide bonds. The van der Waals surface area contributed by atoms with E-state index in [4.69, 9.17) is 9.47 Å². The Morgan fingerprint density at radius 2 is 1.91 bits per heavy atom. The number of hydrogen-bond acceptors (Lipinski definition) is 5. The first-order valence-electron chi connectivity index (χ1n) is 6.88. The van der Waals surface area contributed by atoms with Crippen molar-refractivity contribution < 1.29 is 19.2 Å². The van der Waals surface area contributed by atoms with E-state index < -0.39 is 4.92 Å². The molecule has 7 nitrogen and oxygen atoms in total. The molecule has 0 spiro atoms. The summed E-state index contributed by atoms with van der Waals surface area (Å²) in [5.41, 5.74) is 0.847. The van der Waals surface area contributed by atoms with Crippen LogP contribution in [0.3, 0.4) is 0 Å². The van der Waals surface area contributed by atoms with Gasteiger partial charge in [-0.3, -0.25) is 14.9 Å². The first-order chi connectivity index (χ1) is 11.1. The van der Waals surface area contributed by atoms with Crippen LogP contribution in [0.1, 0.15) is 10.4 Å². The number of nitrogens with zero attached hydrogens (tertiary/aromatic N) is 1. The average Bonchev–Trinajstić information content (AvgIpc) is 2.55. The Bertz CT molecular complexity index is 685. The molecule has 0 aromatic heterocycles. The van der Waals surface area contributed by atoms with Crippen LogP contribution in [0, 0.1) is 10.1 Å². The standard InChI is InChI=1S/C16H16N2O5/c1-22-9-10-23-15-4-2-3-13(11-15)17-16(19)12-5-7-14(8-6-12)18(20)21/h2-8,11H,9-10H2,1H3,(H,17,19). The van der Waals surface area contributed by atoms with Gasteiger partial charge in [-0.2, -0.15) is 0 Å². The normalized spacial score (nSPS) is 10.1. The molecule has 0 bridgehead atoms. The highest BCUT2D eigenvalue weighted by molar-refractivity contribution is 6.04. The molecule has 0 aliphatic carbocycles. The summed E-state index contributed by atoms with van der Waals surface area (Å²) in [7, 11) is 1.59. The first kappa shape index (κ1) is 16.4. The monoisotopic (exact) mass is 316 g/mol. The Morgan fingerprint density at radius 1 is 1.17 bits per heavy atom. The Labute approximate surface area is 133 Å². The second-order valence-electron chi connectivity index (χ2n) is 4.63. The van der Waals surface area contributed by atoms with Crippen LogP contribution < -0.4 is 10.1 Å². The number of nitrogens with one attached hydrogen (secondary N) is 1. The van der Waals surface area contributed by atoms with E-state index in [1.165, 1.54) is 24.3 Å². The lowest BCUT2D eigenvalue weighted by molar-refractivity contribution is -0.384. The number of nitro benzene ring substituents is 1. The molecule has 0 saturated heterocycles. The minimum absolute atomic E-state index is 0.0601. The molecular weight excluding hydrogens is 300 g/mol. The van der Waals surface area contributed by atoms with Crippen molar-refractivity contribution in [3.8, 4) is 5.75 Å². The van der Waals surface area contributed by atoms with E-state index in [2.05, 4.69) is 5.32 Å². The van der Waals surface area contributed by atoms with Crippen LogP contribution in [0.5, 0.6) is 5.75 Å². The van der Waals surface area contributed by atoms with Crippen molar-refractivity contribution >= 4 is 17.3 Å². The summed E-state index contributed by atoms with van der Waals surface area (Å²) >= 11 is 0. The number of ether oxygens (including phenoxy) is 2. The van der Waals surface area contributed by atoms with E-state index in [1.807, 2.05) is 0 Å². The number of hydrogen-bond donors (Lipinski definition) is 1. The largest absolute Gasteiger partial charge is 0.491 e. The number of non-ortho nitro benzene ring substituents is 1. The predicted molar refractivity (Wildman–Crippen MR) is 84.9 cm³/mol. The van der Waals surface area contributed by atoms with Gasteiger partial charge in [0, 0.05) is 36.6 Å². The van der Waals surface area contributed by atoms with E-state index in [-0.39, 0.29) is 11.6 Å². The van der Waals surface area contributed by atoms with Gasteiger partial charge in [0.1, 0.15) is 12.4 Å². The molecular formula is C16H16N2O5. The fourth-order valence-electron chi connectivity index (χ4n) is 1.84. The topological polar surface area (TPSA) is 90.7 Å². The van der Waals surface area contributed by atoms with Crippen molar-refractivity contribution in [1.29, 1.82) is 0 Å². The highest BCUT2D eigenvalue weighted by atomic mass is 16.6. The van der Waals surface area contributed by atoms with Gasteiger partial charge in [-0.15, -0.1) is 0 Å². The van der Waals surface area contributed by atoms with Crippen molar-refractivity contribution in [3.05, 3.63) is 64.2 Å². The highest BCUT2D eigenvalue weighted by Crippen LogP contribution is 2.19. The van der Waals surface area contributed by atoms with Crippen LogP contribution in [0.15, 0.2) is 48.5 Å². The number of carbonyl (C=O) groups is 1. The maximum atomic E-state index is 12.1. The summed E-state index contributed by atoms with van der Waals surface area (Å²) in [5.74, 6) is 0.262. The van der Waals surface area contributed by atoms with Gasteiger partial charge in [-0.05, 0) is 24.3 Å². The molecule has 0 radical (unpaired) electrons. The van der Waals surface area contributed by atoms with Gasteiger partial charge in [0.15, 0.2) is 0 Å². The third kappa shape index (κ3) is 4.79. The molecule has 2 rings (SSSR count). The zero-order valence-electron chi connectivity index (χ0n) is 12.5. The number of carbonyl (C=O) groups excluding carboxylic acids is 1. The minimum Gasteiger partial charge on any atom is -0.491 e. The molecule has 0 unspecified atom stereocenters. The van der Waals surface area contributed by atoms with Crippen molar-refractivity contribution in [2.24, 2.45) is 0 Å². The number of rotatable bonds is 7. The van der Waals surface area contributed by atoms with Crippen LogP contribution in [0.4, 0.5) is 11.4 Å². The minimum atomic E-state index is -0.511. The average molecular weight is 316 g/mol. The molecule has 0 aliphatic heterocycles. The number of benzene rings is 2. The SMILES string of the molecule is COCCOc1cccc(NC(=O)c2ccc([N+](=O)[O-])cc2)c1. The summed E-state index contributed by atoms with van der Waals surface area (Å²) in [6.45, 7) is 0.885. The maximum absolute atomic E-state index is 12.1. The smallest absolute Gasteiger partial charge is 0.269 e. The van der Waals surface area contributed by atoms with E-state index in [0.717, 1.165) is 0 Å². The van der Waals surface area contributed by atoms with Gasteiger partial charge in [0.2, 0.25) is 0 Å². The van der Waals surface area contributed by atoms with E-state index in [0.29, 0.717) is 30.2 Å². The molecule has 0 saturated carbocycles. The summed E-state index contributed by atoms with van der Waals surface area (Å²) in [6, 6.07) is 12.4. The van der Waals surface area contributed by atoms with E-state index >= 15 is 0 Å². The van der Waals surface area contributed by atoms with Gasteiger partial charge in [0.05, 0.1) is 11.5 Å². The molecule has 0 aliphatic rings. The Balaban J connectivity index is 2.02. The van der Waals surface area contributed by atoms with Gasteiger partial charge in [-0.25, -0.2) is 0 Å². The second kappa shape index (κ2) is 7.90. The number of methoxy groups -OCH3 is 1. The fraction of sp³-hybridized carbons (Fsp3) is 0.188. The second-order valence-corrected chi connectivity index (χ2v) is 4.63. The first-order valence-corrected chi connectivity index (χ1v) is 6.88. The van der Waals surface area contributed by atoms with Crippen LogP contribution >= 0.6 is 0 Å². The van der Waals surface area contributed by atoms with Gasteiger partial charge in [0.25, 0.3) is 11.6 Å². The van der Waals surface area contributed by atoms with Crippen LogP contribution in [0.2, 0.25) is 0 Å². The quantitative estimate of drug-likeness (QED) is 0.482. The molecule has 2 aromatic carbocycles. The molecule has 0 fully saturated rings. The number of amides is 1. The predicted octanol–water partition coefficient (Wildman–Crippen LogP) is 2.87. The molecule has 7 heteroatoms. The zero-order chi connectivity index (χ0) is 16.7. The summed E-state index contributed by atoms with van der Waals surface area (Å²) in [4.78, 5) is 22.2. The number of nitro groups is 1. The van der Waals surface area contributed by atoms with E-state index in [1.54, 1.807) is 31.4 Å². The number of anilines is 1. The van der Waals surface area contributed by atoms with Crippen LogP contribution in [-0.4, -0.2) is 31.2 Å². The highest BCUT2D eigenvalue weighted by Gasteiger charge is 2.10. The summed E-state index contributed by atoms with van der Waals surface area (Å²) < 4.78 is 10.4. The van der Waals surface area contributed by atoms with Crippen LogP contribution in [0.25, 0.3) is 0 Å². The molecule has 120 valence electrons. The third-order valence-electron chi connectivity index (χ3n) is 2.99. The van der Waals surface area contributed by atoms with Crippen molar-refractivity contribution in [2.75, 3.05) is 25.6 Å². The maximum Gasteiger partial charge on any atom is 0.269 e. The Kier molecular flexibility index (Phi) is 5.65. The van der Waals surface area contributed by atoms with E-state index in [9.17, 15) is 14.9 Å². The molecule has 1 N–H and O–H groups in total. The zero-order valence-corrected chi connectivity index (χ0v) is 12.5. The third-order valence-corrected chi connectivity index (χ3v) is 2.99. The lowest BCUT2D eigenvalue weighted by atomic mass is 10.2. The van der Waals surface area contributed by atoms with Crippen molar-refractivity contribution in [2.45, 2.75) is 0 Å². The van der Waals surface area contributed by atoms with Gasteiger partial charge >= 0.3 is 0 Å². The van der Waals surface area contributed by atoms with Crippen molar-refractivity contribution in [3.63, 3.8) is 0 Å². The Morgan fingerprint density at radius 3 is 2.57 bits per heavy atom. The van der Waals surface area contributed by atoms with Gasteiger partial charge < -0.3 is 14.8 Å². The Hall–Kier alpha value is -2.93.